The molecule has 2 heterocycles. The van der Waals surface area contributed by atoms with E-state index in [1.165, 1.54) is 0 Å². The SMILES string of the molecule is CC[C@H](C)NC(=O)c1cc2cc3cc(OC)ccc3nc2o1. The van der Waals surface area contributed by atoms with Crippen molar-refractivity contribution >= 4 is 27.9 Å². The molecule has 3 rings (SSSR count). The Balaban J connectivity index is 2.02. The second-order valence-electron chi connectivity index (χ2n) is 5.33. The van der Waals surface area contributed by atoms with E-state index < -0.39 is 0 Å². The molecule has 114 valence electrons. The fourth-order valence-electron chi connectivity index (χ4n) is 2.25. The molecule has 1 aromatic carbocycles. The van der Waals surface area contributed by atoms with Gasteiger partial charge < -0.3 is 14.5 Å². The lowest BCUT2D eigenvalue weighted by Gasteiger charge is -2.08. The van der Waals surface area contributed by atoms with Crippen LogP contribution in [0.25, 0.3) is 22.0 Å². The van der Waals surface area contributed by atoms with Crippen molar-refractivity contribution in [1.82, 2.24) is 10.3 Å². The van der Waals surface area contributed by atoms with Crippen LogP contribution in [0.3, 0.4) is 0 Å². The first-order valence-corrected chi connectivity index (χ1v) is 7.30. The summed E-state index contributed by atoms with van der Waals surface area (Å²) in [6, 6.07) is 9.41. The summed E-state index contributed by atoms with van der Waals surface area (Å²) in [4.78, 5) is 16.6. The zero-order valence-electron chi connectivity index (χ0n) is 12.8. The second-order valence-corrected chi connectivity index (χ2v) is 5.33. The van der Waals surface area contributed by atoms with Crippen LogP contribution in [0, 0.1) is 0 Å². The van der Waals surface area contributed by atoms with Gasteiger partial charge in [-0.2, -0.15) is 0 Å². The zero-order valence-corrected chi connectivity index (χ0v) is 12.8. The molecule has 22 heavy (non-hydrogen) atoms. The number of nitrogens with one attached hydrogen (secondary N) is 1. The minimum Gasteiger partial charge on any atom is -0.497 e. The number of benzene rings is 1. The summed E-state index contributed by atoms with van der Waals surface area (Å²) in [5.41, 5.74) is 1.27. The monoisotopic (exact) mass is 298 g/mol. The summed E-state index contributed by atoms with van der Waals surface area (Å²) >= 11 is 0. The predicted molar refractivity (Wildman–Crippen MR) is 85.3 cm³/mol. The van der Waals surface area contributed by atoms with Crippen LogP contribution in [0.5, 0.6) is 5.75 Å². The van der Waals surface area contributed by atoms with Crippen molar-refractivity contribution in [3.8, 4) is 5.75 Å². The number of carbonyl (C=O) groups excluding carboxylic acids is 1. The Hall–Kier alpha value is -2.56. The number of ether oxygens (including phenoxy) is 1. The average Bonchev–Trinajstić information content (AvgIpc) is 2.94. The molecule has 0 unspecified atom stereocenters. The van der Waals surface area contributed by atoms with E-state index in [0.717, 1.165) is 28.5 Å². The first-order valence-electron chi connectivity index (χ1n) is 7.30. The van der Waals surface area contributed by atoms with Gasteiger partial charge in [0.15, 0.2) is 5.76 Å². The fraction of sp³-hybridized carbons (Fsp3) is 0.294. The van der Waals surface area contributed by atoms with Crippen LogP contribution in [0.15, 0.2) is 34.7 Å². The Morgan fingerprint density at radius 1 is 1.32 bits per heavy atom. The Morgan fingerprint density at radius 2 is 2.14 bits per heavy atom. The van der Waals surface area contributed by atoms with E-state index in [9.17, 15) is 4.79 Å². The van der Waals surface area contributed by atoms with Crippen LogP contribution in [-0.4, -0.2) is 24.0 Å². The first kappa shape index (κ1) is 14.4. The number of hydrogen-bond donors (Lipinski definition) is 1. The van der Waals surface area contributed by atoms with Crippen molar-refractivity contribution in [3.05, 3.63) is 36.1 Å². The highest BCUT2D eigenvalue weighted by molar-refractivity contribution is 5.98. The van der Waals surface area contributed by atoms with Crippen molar-refractivity contribution in [2.24, 2.45) is 0 Å². The largest absolute Gasteiger partial charge is 0.497 e. The highest BCUT2D eigenvalue weighted by atomic mass is 16.5. The number of aromatic nitrogens is 1. The van der Waals surface area contributed by atoms with E-state index in [1.54, 1.807) is 13.2 Å². The Bertz CT molecular complexity index is 838. The van der Waals surface area contributed by atoms with E-state index in [4.69, 9.17) is 9.15 Å². The molecule has 5 heteroatoms. The molecule has 1 N–H and O–H groups in total. The molecule has 5 nitrogen and oxygen atoms in total. The van der Waals surface area contributed by atoms with E-state index in [0.29, 0.717) is 5.71 Å². The normalized spacial score (nSPS) is 12.5. The molecule has 3 aromatic rings. The maximum Gasteiger partial charge on any atom is 0.287 e. The molecule has 0 saturated carbocycles. The number of methoxy groups -OCH3 is 1. The molecular formula is C17H18N2O3. The third kappa shape index (κ3) is 2.62. The molecule has 1 amide bonds. The van der Waals surface area contributed by atoms with Crippen LogP contribution >= 0.6 is 0 Å². The van der Waals surface area contributed by atoms with Gasteiger partial charge in [-0.25, -0.2) is 4.98 Å². The Morgan fingerprint density at radius 3 is 2.86 bits per heavy atom. The lowest BCUT2D eigenvalue weighted by atomic mass is 10.2. The second kappa shape index (κ2) is 5.67. The number of amides is 1. The van der Waals surface area contributed by atoms with Crippen LogP contribution in [0.4, 0.5) is 0 Å². The summed E-state index contributed by atoms with van der Waals surface area (Å²) in [7, 11) is 1.63. The molecular weight excluding hydrogens is 280 g/mol. The summed E-state index contributed by atoms with van der Waals surface area (Å²) in [6.45, 7) is 3.98. The molecule has 0 aliphatic rings. The zero-order chi connectivity index (χ0) is 15.7. The highest BCUT2D eigenvalue weighted by Crippen LogP contribution is 2.25. The van der Waals surface area contributed by atoms with Crippen LogP contribution in [0.1, 0.15) is 30.8 Å². The van der Waals surface area contributed by atoms with Crippen molar-refractivity contribution in [2.45, 2.75) is 26.3 Å². The number of fused-ring (bicyclic) bond motifs is 2. The third-order valence-electron chi connectivity index (χ3n) is 3.72. The molecule has 0 spiro atoms. The molecule has 1 atom stereocenters. The molecule has 0 saturated heterocycles. The molecule has 0 radical (unpaired) electrons. The number of rotatable bonds is 4. The van der Waals surface area contributed by atoms with E-state index in [2.05, 4.69) is 10.3 Å². The topological polar surface area (TPSA) is 64.4 Å². The van der Waals surface area contributed by atoms with Crippen LogP contribution < -0.4 is 10.1 Å². The number of nitrogens with zero attached hydrogens (tertiary/aromatic N) is 1. The predicted octanol–water partition coefficient (Wildman–Crippen LogP) is 3.52. The summed E-state index contributed by atoms with van der Waals surface area (Å²) in [5.74, 6) is 0.839. The van der Waals surface area contributed by atoms with E-state index in [-0.39, 0.29) is 17.7 Å². The lowest BCUT2D eigenvalue weighted by molar-refractivity contribution is 0.0913. The smallest absolute Gasteiger partial charge is 0.287 e. The fourth-order valence-corrected chi connectivity index (χ4v) is 2.25. The van der Waals surface area contributed by atoms with Gasteiger partial charge in [-0.3, -0.25) is 4.79 Å². The quantitative estimate of drug-likeness (QED) is 0.800. The van der Waals surface area contributed by atoms with Crippen molar-refractivity contribution in [2.75, 3.05) is 7.11 Å². The van der Waals surface area contributed by atoms with Crippen molar-refractivity contribution in [1.29, 1.82) is 0 Å². The van der Waals surface area contributed by atoms with Gasteiger partial charge in [0, 0.05) is 16.8 Å². The lowest BCUT2D eigenvalue weighted by Crippen LogP contribution is -2.31. The van der Waals surface area contributed by atoms with Crippen molar-refractivity contribution < 1.29 is 13.9 Å². The van der Waals surface area contributed by atoms with Gasteiger partial charge in [0.1, 0.15) is 5.75 Å². The number of hydrogen-bond acceptors (Lipinski definition) is 4. The molecule has 0 aliphatic carbocycles. The number of carbonyl (C=O) groups is 1. The first-order chi connectivity index (χ1) is 10.6. The third-order valence-corrected chi connectivity index (χ3v) is 3.72. The maximum absolute atomic E-state index is 12.1. The maximum atomic E-state index is 12.1. The van der Waals surface area contributed by atoms with Gasteiger partial charge in [-0.15, -0.1) is 0 Å². The highest BCUT2D eigenvalue weighted by Gasteiger charge is 2.15. The van der Waals surface area contributed by atoms with Gasteiger partial charge in [-0.1, -0.05) is 6.92 Å². The standard InChI is InChI=1S/C17H18N2O3/c1-4-10(2)18-16(20)15-9-12-7-11-8-13(21-3)5-6-14(11)19-17(12)22-15/h5-10H,4H2,1-3H3,(H,18,20)/t10-/m0/s1. The van der Waals surface area contributed by atoms with Crippen molar-refractivity contribution in [3.63, 3.8) is 0 Å². The van der Waals surface area contributed by atoms with E-state index >= 15 is 0 Å². The molecule has 0 bridgehead atoms. The summed E-state index contributed by atoms with van der Waals surface area (Å²) in [6.07, 6.45) is 0.869. The van der Waals surface area contributed by atoms with E-state index in [1.807, 2.05) is 38.1 Å². The van der Waals surface area contributed by atoms with Gasteiger partial charge >= 0.3 is 0 Å². The summed E-state index contributed by atoms with van der Waals surface area (Å²) in [5, 5.41) is 4.63. The minimum absolute atomic E-state index is 0.108. The molecule has 0 fully saturated rings. The van der Waals surface area contributed by atoms with Gasteiger partial charge in [-0.05, 0) is 43.7 Å². The molecule has 0 aliphatic heterocycles. The van der Waals surface area contributed by atoms with Crippen LogP contribution in [-0.2, 0) is 0 Å². The summed E-state index contributed by atoms with van der Waals surface area (Å²) < 4.78 is 10.8. The van der Waals surface area contributed by atoms with Gasteiger partial charge in [0.25, 0.3) is 5.91 Å². The number of furan rings is 1. The molecule has 2 aromatic heterocycles. The minimum atomic E-state index is -0.214. The number of pyridine rings is 1. The Kier molecular flexibility index (Phi) is 3.71. The van der Waals surface area contributed by atoms with Gasteiger partial charge in [0.05, 0.1) is 12.6 Å². The average molecular weight is 298 g/mol. The van der Waals surface area contributed by atoms with Gasteiger partial charge in [0.2, 0.25) is 5.71 Å². The van der Waals surface area contributed by atoms with Crippen LogP contribution in [0.2, 0.25) is 0 Å². The Labute approximate surface area is 128 Å².